The maximum absolute atomic E-state index is 11.3. The van der Waals surface area contributed by atoms with Gasteiger partial charge in [-0.05, 0) is 44.1 Å². The first-order valence-corrected chi connectivity index (χ1v) is 9.30. The van der Waals surface area contributed by atoms with E-state index in [1.807, 2.05) is 39.2 Å². The molecule has 2 rings (SSSR count). The van der Waals surface area contributed by atoms with Crippen LogP contribution in [0.25, 0.3) is 6.08 Å². The van der Waals surface area contributed by atoms with Crippen molar-refractivity contribution in [2.24, 2.45) is 0 Å². The van der Waals surface area contributed by atoms with Crippen LogP contribution in [-0.4, -0.2) is 35.5 Å². The highest BCUT2D eigenvalue weighted by Gasteiger charge is 2.52. The van der Waals surface area contributed by atoms with Crippen LogP contribution in [0, 0.1) is 0 Å². The Balaban J connectivity index is 2.32. The Labute approximate surface area is 145 Å². The maximum Gasteiger partial charge on any atom is 0.491 e. The van der Waals surface area contributed by atoms with Crippen LogP contribution < -0.4 is 0 Å². The molecule has 0 unspecified atom stereocenters. The molecule has 0 spiro atoms. The van der Waals surface area contributed by atoms with Crippen LogP contribution >= 0.6 is 23.1 Å². The molecule has 7 heteroatoms. The molecule has 0 N–H and O–H groups in total. The van der Waals surface area contributed by atoms with Crippen molar-refractivity contribution in [1.29, 1.82) is 0 Å². The molecule has 1 aliphatic heterocycles. The van der Waals surface area contributed by atoms with Gasteiger partial charge in [-0.15, -0.1) is 0 Å². The van der Waals surface area contributed by atoms with Crippen LogP contribution in [-0.2, 0) is 14.1 Å². The van der Waals surface area contributed by atoms with Gasteiger partial charge < -0.3 is 9.31 Å². The fourth-order valence-corrected chi connectivity index (χ4v) is 3.43. The van der Waals surface area contributed by atoms with Gasteiger partial charge in [0.05, 0.1) is 11.2 Å². The molecule has 0 radical (unpaired) electrons. The van der Waals surface area contributed by atoms with E-state index < -0.39 is 18.3 Å². The van der Waals surface area contributed by atoms with E-state index in [1.165, 1.54) is 30.0 Å². The van der Waals surface area contributed by atoms with Crippen molar-refractivity contribution in [2.75, 3.05) is 5.75 Å². The van der Waals surface area contributed by atoms with E-state index in [2.05, 4.69) is 0 Å². The van der Waals surface area contributed by atoms with Crippen LogP contribution in [0.4, 0.5) is 0 Å². The van der Waals surface area contributed by atoms with Gasteiger partial charge in [-0.1, -0.05) is 17.8 Å². The molecule has 1 fully saturated rings. The molecule has 0 aliphatic carbocycles. The molecule has 1 aliphatic rings. The van der Waals surface area contributed by atoms with E-state index in [4.69, 9.17) is 9.31 Å². The summed E-state index contributed by atoms with van der Waals surface area (Å²) in [5.74, 6) is 0.473. The SMILES string of the molecule is CC(=O)SCC(=Cc1cscc1C=O)B1OC(C)(C)C(C)(C)O1. The average molecular weight is 352 g/mol. The summed E-state index contributed by atoms with van der Waals surface area (Å²) in [5.41, 5.74) is 1.43. The van der Waals surface area contributed by atoms with Crippen molar-refractivity contribution in [1.82, 2.24) is 0 Å². The number of thiophene rings is 1. The number of hydrogen-bond acceptors (Lipinski definition) is 6. The molecule has 0 aromatic carbocycles. The largest absolute Gasteiger partial charge is 0.491 e. The van der Waals surface area contributed by atoms with Crippen molar-refractivity contribution in [2.45, 2.75) is 45.8 Å². The summed E-state index contributed by atoms with van der Waals surface area (Å²) in [7, 11) is -0.522. The van der Waals surface area contributed by atoms with Crippen LogP contribution in [0.1, 0.15) is 50.5 Å². The van der Waals surface area contributed by atoms with Crippen molar-refractivity contribution >= 4 is 47.7 Å². The Morgan fingerprint density at radius 3 is 2.30 bits per heavy atom. The van der Waals surface area contributed by atoms with Gasteiger partial charge in [-0.3, -0.25) is 9.59 Å². The lowest BCUT2D eigenvalue weighted by Crippen LogP contribution is -2.41. The minimum Gasteiger partial charge on any atom is -0.400 e. The first-order valence-electron chi connectivity index (χ1n) is 7.37. The molecule has 124 valence electrons. The smallest absolute Gasteiger partial charge is 0.400 e. The second-order valence-electron chi connectivity index (χ2n) is 6.49. The highest BCUT2D eigenvalue weighted by molar-refractivity contribution is 8.13. The molecular formula is C16H21BO4S2. The third-order valence-electron chi connectivity index (χ3n) is 4.19. The topological polar surface area (TPSA) is 52.6 Å². The molecule has 1 saturated heterocycles. The Hall–Kier alpha value is -0.885. The second-order valence-corrected chi connectivity index (χ2v) is 8.38. The summed E-state index contributed by atoms with van der Waals surface area (Å²) in [6, 6.07) is 0. The van der Waals surface area contributed by atoms with Gasteiger partial charge in [0.15, 0.2) is 11.4 Å². The van der Waals surface area contributed by atoms with Crippen molar-refractivity contribution < 1.29 is 18.9 Å². The number of rotatable bonds is 5. The van der Waals surface area contributed by atoms with Crippen LogP contribution in [0.3, 0.4) is 0 Å². The van der Waals surface area contributed by atoms with Crippen molar-refractivity contribution in [3.63, 3.8) is 0 Å². The lowest BCUT2D eigenvalue weighted by Gasteiger charge is -2.32. The molecule has 23 heavy (non-hydrogen) atoms. The maximum atomic E-state index is 11.3. The Kier molecular flexibility index (Phi) is 5.56. The summed E-state index contributed by atoms with van der Waals surface area (Å²) >= 11 is 2.68. The molecule has 0 bridgehead atoms. The van der Waals surface area contributed by atoms with Crippen LogP contribution in [0.5, 0.6) is 0 Å². The van der Waals surface area contributed by atoms with E-state index in [-0.39, 0.29) is 5.12 Å². The first-order chi connectivity index (χ1) is 10.7. The van der Waals surface area contributed by atoms with Crippen LogP contribution in [0.2, 0.25) is 0 Å². The third kappa shape index (κ3) is 4.15. The number of carbonyl (C=O) groups excluding carboxylic acids is 2. The fraction of sp³-hybridized carbons (Fsp3) is 0.500. The van der Waals surface area contributed by atoms with Gasteiger partial charge in [0, 0.05) is 23.6 Å². The second kappa shape index (κ2) is 6.93. The molecule has 1 aromatic heterocycles. The van der Waals surface area contributed by atoms with Gasteiger partial charge >= 0.3 is 7.12 Å². The minimum absolute atomic E-state index is 0.0355. The first kappa shape index (κ1) is 18.5. The quantitative estimate of drug-likeness (QED) is 0.595. The lowest BCUT2D eigenvalue weighted by atomic mass is 9.78. The zero-order valence-corrected chi connectivity index (χ0v) is 15.7. The van der Waals surface area contributed by atoms with Gasteiger partial charge in [-0.2, -0.15) is 11.3 Å². The van der Waals surface area contributed by atoms with Crippen molar-refractivity contribution in [3.8, 4) is 0 Å². The number of thioether (sulfide) groups is 1. The van der Waals surface area contributed by atoms with Crippen LogP contribution in [0.15, 0.2) is 16.2 Å². The molecule has 1 aromatic rings. The zero-order chi connectivity index (χ0) is 17.3. The summed E-state index contributed by atoms with van der Waals surface area (Å²) in [6.07, 6.45) is 2.74. The van der Waals surface area contributed by atoms with Crippen molar-refractivity contribution in [3.05, 3.63) is 27.4 Å². The number of hydrogen-bond donors (Lipinski definition) is 0. The van der Waals surface area contributed by atoms with Gasteiger partial charge in [0.25, 0.3) is 0 Å². The third-order valence-corrected chi connectivity index (χ3v) is 5.85. The lowest BCUT2D eigenvalue weighted by molar-refractivity contribution is -0.109. The number of carbonyl (C=O) groups is 2. The molecule has 0 amide bonds. The molecule has 2 heterocycles. The fourth-order valence-electron chi connectivity index (χ4n) is 2.09. The minimum atomic E-state index is -0.522. The predicted octanol–water partition coefficient (Wildman–Crippen LogP) is 3.86. The van der Waals surface area contributed by atoms with E-state index in [0.29, 0.717) is 11.3 Å². The van der Waals surface area contributed by atoms with E-state index in [0.717, 1.165) is 17.3 Å². The normalized spacial score (nSPS) is 19.9. The molecular weight excluding hydrogens is 331 g/mol. The van der Waals surface area contributed by atoms with Gasteiger partial charge in [0.2, 0.25) is 0 Å². The highest BCUT2D eigenvalue weighted by atomic mass is 32.2. The van der Waals surface area contributed by atoms with Gasteiger partial charge in [-0.25, -0.2) is 0 Å². The summed E-state index contributed by atoms with van der Waals surface area (Å²) in [4.78, 5) is 22.5. The number of aldehydes is 1. The monoisotopic (exact) mass is 352 g/mol. The van der Waals surface area contributed by atoms with E-state index in [9.17, 15) is 9.59 Å². The highest BCUT2D eigenvalue weighted by Crippen LogP contribution is 2.39. The summed E-state index contributed by atoms with van der Waals surface area (Å²) in [5, 5.41) is 3.75. The Morgan fingerprint density at radius 2 is 1.78 bits per heavy atom. The Morgan fingerprint density at radius 1 is 1.22 bits per heavy atom. The molecule has 0 atom stereocenters. The molecule has 4 nitrogen and oxygen atoms in total. The van der Waals surface area contributed by atoms with E-state index in [1.54, 1.807) is 5.38 Å². The summed E-state index contributed by atoms with van der Waals surface area (Å²) < 4.78 is 12.2. The predicted molar refractivity (Wildman–Crippen MR) is 96.9 cm³/mol. The zero-order valence-electron chi connectivity index (χ0n) is 14.0. The molecule has 0 saturated carbocycles. The summed E-state index contributed by atoms with van der Waals surface area (Å²) in [6.45, 7) is 9.50. The van der Waals surface area contributed by atoms with Gasteiger partial charge in [0.1, 0.15) is 0 Å². The van der Waals surface area contributed by atoms with E-state index >= 15 is 0 Å². The standard InChI is InChI=1S/C16H21BO4S2/c1-11(19)23-10-14(6-12-8-22-9-13(12)7-18)17-20-15(2,3)16(4,5)21-17/h6-9H,10H2,1-5H3. The Bertz CT molecular complexity index is 618. The average Bonchev–Trinajstić information content (AvgIpc) is 2.96.